The van der Waals surface area contributed by atoms with Crippen LogP contribution in [0.15, 0.2) is 127 Å². The van der Waals surface area contributed by atoms with Gasteiger partial charge in [0.1, 0.15) is 0 Å². The summed E-state index contributed by atoms with van der Waals surface area (Å²) in [6.07, 6.45) is -9.51. The number of hydrogen-bond donors (Lipinski definition) is 0. The van der Waals surface area contributed by atoms with E-state index in [0.717, 1.165) is 79.6 Å². The molecule has 59 heavy (non-hydrogen) atoms. The molecule has 0 aliphatic rings. The number of alkyl halides is 6. The smallest absolute Gasteiger partial charge is 0.309 e. The molecule has 9 rings (SSSR count). The Morgan fingerprint density at radius 3 is 1.37 bits per heavy atom. The molecule has 0 saturated heterocycles. The van der Waals surface area contributed by atoms with E-state index in [-0.39, 0.29) is 27.4 Å². The summed E-state index contributed by atoms with van der Waals surface area (Å²) >= 11 is 0. The highest BCUT2D eigenvalue weighted by Gasteiger charge is 2.34. The van der Waals surface area contributed by atoms with Gasteiger partial charge in [0.15, 0.2) is 0 Å². The molecule has 0 aliphatic carbocycles. The van der Waals surface area contributed by atoms with Gasteiger partial charge in [-0.3, -0.25) is 0 Å². The van der Waals surface area contributed by atoms with E-state index >= 15 is 0 Å². The van der Waals surface area contributed by atoms with Crippen LogP contribution >= 0.6 is 0 Å². The van der Waals surface area contributed by atoms with Gasteiger partial charge < -0.3 is 9.13 Å². The number of aromatic nitrogens is 2. The van der Waals surface area contributed by atoms with Crippen LogP contribution in [0.3, 0.4) is 0 Å². The van der Waals surface area contributed by atoms with Gasteiger partial charge in [0.2, 0.25) is 0 Å². The molecule has 10 heteroatoms. The maximum absolute atomic E-state index is 14.2. The largest absolute Gasteiger partial charge is 0.416 e. The Labute approximate surface area is 334 Å². The lowest BCUT2D eigenvalue weighted by Crippen LogP contribution is -2.05. The number of hydrogen-bond acceptors (Lipinski definition) is 2. The van der Waals surface area contributed by atoms with E-state index in [1.165, 1.54) is 12.1 Å². The van der Waals surface area contributed by atoms with Crippen LogP contribution in [0.2, 0.25) is 0 Å². The second kappa shape index (κ2) is 13.4. The quantitative estimate of drug-likeness (QED) is 0.167. The number of benzene rings is 7. The lowest BCUT2D eigenvalue weighted by molar-refractivity contribution is -0.138. The molecule has 0 fully saturated rings. The number of aryl methyl sites for hydroxylation is 3. The van der Waals surface area contributed by atoms with Gasteiger partial charge in [-0.2, -0.15) is 36.9 Å². The van der Waals surface area contributed by atoms with Crippen molar-refractivity contribution in [3.8, 4) is 45.8 Å². The Morgan fingerprint density at radius 1 is 0.424 bits per heavy atom. The molecule has 0 amide bonds. The van der Waals surface area contributed by atoms with Crippen LogP contribution in [-0.4, -0.2) is 9.13 Å². The van der Waals surface area contributed by atoms with Gasteiger partial charge in [0, 0.05) is 32.7 Å². The van der Waals surface area contributed by atoms with Crippen LogP contribution < -0.4 is 0 Å². The first-order valence-corrected chi connectivity index (χ1v) is 18.6. The van der Waals surface area contributed by atoms with Gasteiger partial charge in [0.05, 0.1) is 67.8 Å². The fraction of sp³-hybridized carbons (Fsp3) is 0.102. The molecular formula is C49H30F6N4. The van der Waals surface area contributed by atoms with E-state index in [0.29, 0.717) is 22.4 Å². The molecule has 0 radical (unpaired) electrons. The van der Waals surface area contributed by atoms with Crippen molar-refractivity contribution in [1.29, 1.82) is 10.5 Å². The molecule has 288 valence electrons. The first-order chi connectivity index (χ1) is 28.1. The predicted octanol–water partition coefficient (Wildman–Crippen LogP) is 13.9. The normalized spacial score (nSPS) is 12.1. The third kappa shape index (κ3) is 6.16. The van der Waals surface area contributed by atoms with E-state index in [4.69, 9.17) is 0 Å². The molecule has 0 spiro atoms. The fourth-order valence-electron chi connectivity index (χ4n) is 8.33. The zero-order valence-corrected chi connectivity index (χ0v) is 31.7. The zero-order chi connectivity index (χ0) is 41.5. The second-order valence-electron chi connectivity index (χ2n) is 14.9. The maximum Gasteiger partial charge on any atom is 0.416 e. The average Bonchev–Trinajstić information content (AvgIpc) is 3.70. The topological polar surface area (TPSA) is 57.4 Å². The van der Waals surface area contributed by atoms with E-state index in [2.05, 4.69) is 41.0 Å². The zero-order valence-electron chi connectivity index (χ0n) is 31.7. The van der Waals surface area contributed by atoms with Crippen molar-refractivity contribution >= 4 is 43.6 Å². The van der Waals surface area contributed by atoms with Crippen molar-refractivity contribution in [2.75, 3.05) is 0 Å². The van der Waals surface area contributed by atoms with Gasteiger partial charge in [-0.15, -0.1) is 0 Å². The minimum Gasteiger partial charge on any atom is -0.309 e. The average molecular weight is 789 g/mol. The maximum atomic E-state index is 14.2. The highest BCUT2D eigenvalue weighted by Crippen LogP contribution is 2.45. The van der Waals surface area contributed by atoms with Gasteiger partial charge in [-0.05, 0) is 135 Å². The lowest BCUT2D eigenvalue weighted by atomic mass is 9.92. The van der Waals surface area contributed by atoms with Crippen LogP contribution in [-0.2, 0) is 12.4 Å². The molecule has 0 unspecified atom stereocenters. The Kier molecular flexibility index (Phi) is 8.46. The Morgan fingerprint density at radius 2 is 0.881 bits per heavy atom. The fourth-order valence-corrected chi connectivity index (χ4v) is 8.33. The molecule has 9 aromatic rings. The molecule has 0 atom stereocenters. The summed E-state index contributed by atoms with van der Waals surface area (Å²) in [6.45, 7) is 5.97. The Balaban J connectivity index is 1.42. The second-order valence-corrected chi connectivity index (χ2v) is 14.9. The summed E-state index contributed by atoms with van der Waals surface area (Å²) in [5.41, 5.74) is 8.09. The van der Waals surface area contributed by atoms with E-state index in [9.17, 15) is 36.9 Å². The molecule has 0 N–H and O–H groups in total. The molecule has 0 aliphatic heterocycles. The van der Waals surface area contributed by atoms with Gasteiger partial charge in [0.25, 0.3) is 0 Å². The highest BCUT2D eigenvalue weighted by atomic mass is 19.4. The number of fused-ring (bicyclic) bond motifs is 6. The summed E-state index contributed by atoms with van der Waals surface area (Å²) < 4.78 is 88.7. The molecule has 0 bridgehead atoms. The van der Waals surface area contributed by atoms with Crippen molar-refractivity contribution in [3.05, 3.63) is 166 Å². The first-order valence-electron chi connectivity index (χ1n) is 18.6. The molecule has 0 saturated carbocycles. The molecule has 2 heterocycles. The number of halogens is 6. The summed E-state index contributed by atoms with van der Waals surface area (Å²) in [6, 6.07) is 39.4. The van der Waals surface area contributed by atoms with Gasteiger partial charge >= 0.3 is 12.4 Å². The van der Waals surface area contributed by atoms with Gasteiger partial charge in [-0.25, -0.2) is 0 Å². The number of rotatable bonds is 4. The van der Waals surface area contributed by atoms with E-state index in [1.807, 2.05) is 57.2 Å². The van der Waals surface area contributed by atoms with Crippen LogP contribution in [0.4, 0.5) is 26.3 Å². The van der Waals surface area contributed by atoms with E-state index in [1.54, 1.807) is 34.9 Å². The minimum absolute atomic E-state index is 0.0236. The third-order valence-corrected chi connectivity index (χ3v) is 11.1. The van der Waals surface area contributed by atoms with Crippen LogP contribution in [0.5, 0.6) is 0 Å². The van der Waals surface area contributed by atoms with Gasteiger partial charge in [-0.1, -0.05) is 41.5 Å². The molecular weight excluding hydrogens is 759 g/mol. The summed E-state index contributed by atoms with van der Waals surface area (Å²) in [5.74, 6) is 0. The first kappa shape index (κ1) is 37.3. The lowest BCUT2D eigenvalue weighted by Gasteiger charge is -2.20. The molecule has 4 nitrogen and oxygen atoms in total. The standard InChI is InChI=1S/C49H30F6N4/c1-27-4-13-42-37(18-27)38-19-28(2)5-14-43(38)58(42)44-15-8-32(35-11-6-30(25-56)20-29(35)3)22-39(44)36-12-7-31(26-57)21-47(36)59-45-16-9-33(48(50,51)52)23-40(45)41-24-34(49(53,54)55)10-17-46(41)59/h4-24H,1-3H3. The van der Waals surface area contributed by atoms with Crippen LogP contribution in [0.1, 0.15) is 38.9 Å². The van der Waals surface area contributed by atoms with Crippen LogP contribution in [0.25, 0.3) is 77.2 Å². The number of nitrogens with zero attached hydrogens (tertiary/aromatic N) is 4. The molecule has 7 aromatic carbocycles. The summed E-state index contributed by atoms with van der Waals surface area (Å²) in [4.78, 5) is 0. The number of nitriles is 2. The molecule has 2 aromatic heterocycles. The summed E-state index contributed by atoms with van der Waals surface area (Å²) in [5, 5.41) is 21.8. The Hall–Kier alpha value is -7.30. The van der Waals surface area contributed by atoms with Crippen molar-refractivity contribution < 1.29 is 26.3 Å². The SMILES string of the molecule is Cc1ccc2c(c1)c1cc(C)ccc1n2-c1ccc(-c2ccc(C#N)cc2C)cc1-c1ccc(C#N)cc1-n1c2ccc(C(F)(F)F)cc2c2cc(C(F)(F)F)ccc21. The van der Waals surface area contributed by atoms with Crippen molar-refractivity contribution in [2.24, 2.45) is 0 Å². The van der Waals surface area contributed by atoms with Crippen LogP contribution in [0, 0.1) is 43.4 Å². The van der Waals surface area contributed by atoms with Crippen molar-refractivity contribution in [3.63, 3.8) is 0 Å². The van der Waals surface area contributed by atoms with E-state index < -0.39 is 23.5 Å². The third-order valence-electron chi connectivity index (χ3n) is 11.1. The monoisotopic (exact) mass is 788 g/mol. The predicted molar refractivity (Wildman–Crippen MR) is 220 cm³/mol. The minimum atomic E-state index is -4.76. The Bertz CT molecular complexity index is 3180. The summed E-state index contributed by atoms with van der Waals surface area (Å²) in [7, 11) is 0. The van der Waals surface area contributed by atoms with Crippen molar-refractivity contribution in [1.82, 2.24) is 9.13 Å². The highest BCUT2D eigenvalue weighted by molar-refractivity contribution is 6.12. The van der Waals surface area contributed by atoms with Crippen molar-refractivity contribution in [2.45, 2.75) is 33.1 Å².